The smallest absolute Gasteiger partial charge is 0.271 e. The van der Waals surface area contributed by atoms with Gasteiger partial charge in [-0.1, -0.05) is 12.1 Å². The standard InChI is InChI=1S/C20H17BrN2O3S/c1-25-17-4-2-3-14(11-17)13-26-16-7-5-15(6-8-16)20(24)23-22-12-18-9-10-19(21)27-18/h2-12H,13H2,1H3,(H,23,24)/b22-12-. The van der Waals surface area contributed by atoms with Gasteiger partial charge in [-0.2, -0.15) is 5.10 Å². The molecular weight excluding hydrogens is 428 g/mol. The fraction of sp³-hybridized carbons (Fsp3) is 0.100. The molecule has 7 heteroatoms. The minimum absolute atomic E-state index is 0.277. The Labute approximate surface area is 169 Å². The molecule has 3 rings (SSSR count). The van der Waals surface area contributed by atoms with Crippen molar-refractivity contribution >= 4 is 39.4 Å². The van der Waals surface area contributed by atoms with Gasteiger partial charge < -0.3 is 9.47 Å². The molecule has 138 valence electrons. The highest BCUT2D eigenvalue weighted by atomic mass is 79.9. The second-order valence-corrected chi connectivity index (χ2v) is 8.00. The fourth-order valence-corrected chi connectivity index (χ4v) is 3.54. The Bertz CT molecular complexity index is 938. The molecule has 0 saturated carbocycles. The van der Waals surface area contributed by atoms with Gasteiger partial charge in [-0.25, -0.2) is 5.43 Å². The van der Waals surface area contributed by atoms with Crippen LogP contribution < -0.4 is 14.9 Å². The van der Waals surface area contributed by atoms with E-state index in [1.165, 1.54) is 11.3 Å². The van der Waals surface area contributed by atoms with E-state index in [-0.39, 0.29) is 5.91 Å². The summed E-state index contributed by atoms with van der Waals surface area (Å²) in [6, 6.07) is 18.5. The minimum atomic E-state index is -0.277. The van der Waals surface area contributed by atoms with Gasteiger partial charge in [-0.3, -0.25) is 4.79 Å². The van der Waals surface area contributed by atoms with Gasteiger partial charge in [0.1, 0.15) is 18.1 Å². The lowest BCUT2D eigenvalue weighted by atomic mass is 10.2. The van der Waals surface area contributed by atoms with Crippen molar-refractivity contribution < 1.29 is 14.3 Å². The summed E-state index contributed by atoms with van der Waals surface area (Å²) in [5, 5.41) is 3.97. The predicted octanol–water partition coefficient (Wildman–Crippen LogP) is 4.86. The summed E-state index contributed by atoms with van der Waals surface area (Å²) in [5.74, 6) is 1.20. The van der Waals surface area contributed by atoms with E-state index in [1.807, 2.05) is 36.4 Å². The van der Waals surface area contributed by atoms with Crippen LogP contribution >= 0.6 is 27.3 Å². The Morgan fingerprint density at radius 2 is 1.96 bits per heavy atom. The molecule has 0 aliphatic heterocycles. The van der Waals surface area contributed by atoms with Crippen LogP contribution in [-0.2, 0) is 6.61 Å². The van der Waals surface area contributed by atoms with Gasteiger partial charge in [-0.15, -0.1) is 11.3 Å². The van der Waals surface area contributed by atoms with E-state index in [9.17, 15) is 4.79 Å². The SMILES string of the molecule is COc1cccc(COc2ccc(C(=O)N/N=C\c3ccc(Br)s3)cc2)c1. The van der Waals surface area contributed by atoms with Gasteiger partial charge >= 0.3 is 0 Å². The zero-order valence-corrected chi connectivity index (χ0v) is 16.9. The number of thiophene rings is 1. The van der Waals surface area contributed by atoms with Crippen molar-refractivity contribution in [3.05, 3.63) is 80.5 Å². The molecule has 1 heterocycles. The summed E-state index contributed by atoms with van der Waals surface area (Å²) in [6.45, 7) is 0.420. The Morgan fingerprint density at radius 1 is 1.15 bits per heavy atom. The van der Waals surface area contributed by atoms with Gasteiger partial charge in [0.2, 0.25) is 0 Å². The summed E-state index contributed by atoms with van der Waals surface area (Å²) in [6.07, 6.45) is 1.61. The highest BCUT2D eigenvalue weighted by molar-refractivity contribution is 9.11. The first-order valence-electron chi connectivity index (χ1n) is 8.08. The molecule has 0 radical (unpaired) electrons. The summed E-state index contributed by atoms with van der Waals surface area (Å²) in [4.78, 5) is 13.1. The number of hydrogen-bond acceptors (Lipinski definition) is 5. The van der Waals surface area contributed by atoms with E-state index in [0.717, 1.165) is 20.0 Å². The van der Waals surface area contributed by atoms with Crippen LogP contribution in [0.5, 0.6) is 11.5 Å². The zero-order chi connectivity index (χ0) is 19.1. The summed E-state index contributed by atoms with van der Waals surface area (Å²) in [5.41, 5.74) is 4.03. The third kappa shape index (κ3) is 5.67. The van der Waals surface area contributed by atoms with E-state index in [2.05, 4.69) is 26.5 Å². The fourth-order valence-electron chi connectivity index (χ4n) is 2.25. The molecule has 0 fully saturated rings. The van der Waals surface area contributed by atoms with E-state index in [0.29, 0.717) is 17.9 Å². The number of hydrogen-bond donors (Lipinski definition) is 1. The second-order valence-electron chi connectivity index (χ2n) is 5.51. The average molecular weight is 445 g/mol. The van der Waals surface area contributed by atoms with E-state index < -0.39 is 0 Å². The molecule has 3 aromatic rings. The van der Waals surface area contributed by atoms with Crippen LogP contribution in [0.1, 0.15) is 20.8 Å². The molecule has 0 saturated heterocycles. The van der Waals surface area contributed by atoms with Crippen molar-refractivity contribution in [3.8, 4) is 11.5 Å². The van der Waals surface area contributed by atoms with Crippen LogP contribution in [0.25, 0.3) is 0 Å². The van der Waals surface area contributed by atoms with Crippen molar-refractivity contribution in [3.63, 3.8) is 0 Å². The number of nitrogens with zero attached hydrogens (tertiary/aromatic N) is 1. The topological polar surface area (TPSA) is 59.9 Å². The lowest BCUT2D eigenvalue weighted by Crippen LogP contribution is -2.17. The molecule has 2 aromatic carbocycles. The number of benzene rings is 2. The molecule has 0 aliphatic carbocycles. The van der Waals surface area contributed by atoms with Gasteiger partial charge in [0.05, 0.1) is 17.1 Å². The number of nitrogens with one attached hydrogen (secondary N) is 1. The molecule has 1 N–H and O–H groups in total. The van der Waals surface area contributed by atoms with Crippen LogP contribution in [-0.4, -0.2) is 19.2 Å². The van der Waals surface area contributed by atoms with Crippen molar-refractivity contribution in [1.82, 2.24) is 5.43 Å². The Balaban J connectivity index is 1.53. The quantitative estimate of drug-likeness (QED) is 0.417. The molecule has 0 spiro atoms. The molecular formula is C20H17BrN2O3S. The van der Waals surface area contributed by atoms with Crippen molar-refractivity contribution in [2.75, 3.05) is 7.11 Å². The van der Waals surface area contributed by atoms with Crippen LogP contribution in [0.3, 0.4) is 0 Å². The van der Waals surface area contributed by atoms with Crippen molar-refractivity contribution in [1.29, 1.82) is 0 Å². The number of carbonyl (C=O) groups excluding carboxylic acids is 1. The van der Waals surface area contributed by atoms with Crippen LogP contribution in [0.15, 0.2) is 69.6 Å². The van der Waals surface area contributed by atoms with Gasteiger partial charge in [-0.05, 0) is 70.0 Å². The maximum Gasteiger partial charge on any atom is 0.271 e. The first-order chi connectivity index (χ1) is 13.1. The molecule has 1 aromatic heterocycles. The molecule has 0 aliphatic rings. The number of halogens is 1. The number of amides is 1. The Morgan fingerprint density at radius 3 is 2.67 bits per heavy atom. The van der Waals surface area contributed by atoms with E-state index in [4.69, 9.17) is 9.47 Å². The predicted molar refractivity (Wildman–Crippen MR) is 111 cm³/mol. The Kier molecular flexibility index (Phi) is 6.62. The van der Waals surface area contributed by atoms with Crippen molar-refractivity contribution in [2.45, 2.75) is 6.61 Å². The number of hydrazone groups is 1. The second kappa shape index (κ2) is 9.34. The first-order valence-corrected chi connectivity index (χ1v) is 9.69. The van der Waals surface area contributed by atoms with Gasteiger partial charge in [0.25, 0.3) is 5.91 Å². The van der Waals surface area contributed by atoms with Gasteiger partial charge in [0.15, 0.2) is 0 Å². The van der Waals surface area contributed by atoms with Crippen LogP contribution in [0.4, 0.5) is 0 Å². The maximum absolute atomic E-state index is 12.1. The maximum atomic E-state index is 12.1. The number of ether oxygens (including phenoxy) is 2. The number of carbonyl (C=O) groups is 1. The molecule has 0 atom stereocenters. The molecule has 1 amide bonds. The average Bonchev–Trinajstić information content (AvgIpc) is 3.12. The van der Waals surface area contributed by atoms with E-state index in [1.54, 1.807) is 37.6 Å². The highest BCUT2D eigenvalue weighted by Crippen LogP contribution is 2.20. The minimum Gasteiger partial charge on any atom is -0.497 e. The first kappa shape index (κ1) is 19.1. The normalized spacial score (nSPS) is 10.7. The Hall–Kier alpha value is -2.64. The number of methoxy groups -OCH3 is 1. The lowest BCUT2D eigenvalue weighted by Gasteiger charge is -2.08. The van der Waals surface area contributed by atoms with Crippen molar-refractivity contribution in [2.24, 2.45) is 5.10 Å². The molecule has 0 bridgehead atoms. The summed E-state index contributed by atoms with van der Waals surface area (Å²) in [7, 11) is 1.63. The number of rotatable bonds is 7. The van der Waals surface area contributed by atoms with Crippen LogP contribution in [0.2, 0.25) is 0 Å². The summed E-state index contributed by atoms with van der Waals surface area (Å²) >= 11 is 4.92. The third-order valence-electron chi connectivity index (χ3n) is 3.61. The molecule has 5 nitrogen and oxygen atoms in total. The summed E-state index contributed by atoms with van der Waals surface area (Å²) < 4.78 is 12.0. The lowest BCUT2D eigenvalue weighted by molar-refractivity contribution is 0.0955. The molecule has 0 unspecified atom stereocenters. The van der Waals surface area contributed by atoms with E-state index >= 15 is 0 Å². The third-order valence-corrected chi connectivity index (χ3v) is 5.17. The monoisotopic (exact) mass is 444 g/mol. The largest absolute Gasteiger partial charge is 0.497 e. The molecule has 27 heavy (non-hydrogen) atoms. The van der Waals surface area contributed by atoms with Crippen LogP contribution in [0, 0.1) is 0 Å². The van der Waals surface area contributed by atoms with Gasteiger partial charge in [0, 0.05) is 10.4 Å². The highest BCUT2D eigenvalue weighted by Gasteiger charge is 2.05. The zero-order valence-electron chi connectivity index (χ0n) is 14.5.